The van der Waals surface area contributed by atoms with E-state index in [9.17, 15) is 0 Å². The summed E-state index contributed by atoms with van der Waals surface area (Å²) >= 11 is 0. The van der Waals surface area contributed by atoms with Gasteiger partial charge in [-0.15, -0.1) is 0 Å². The zero-order chi connectivity index (χ0) is 18.0. The number of aromatic amines is 1. The molecule has 0 amide bonds. The van der Waals surface area contributed by atoms with Crippen molar-refractivity contribution < 1.29 is 18.9 Å². The van der Waals surface area contributed by atoms with Crippen molar-refractivity contribution in [3.05, 3.63) is 24.3 Å². The van der Waals surface area contributed by atoms with E-state index >= 15 is 0 Å². The Balaban J connectivity index is 2.07. The Bertz CT molecular complexity index is 868. The van der Waals surface area contributed by atoms with Gasteiger partial charge >= 0.3 is 0 Å². The van der Waals surface area contributed by atoms with Gasteiger partial charge in [-0.3, -0.25) is 5.10 Å². The van der Waals surface area contributed by atoms with Crippen molar-refractivity contribution in [2.24, 2.45) is 0 Å². The van der Waals surface area contributed by atoms with Crippen molar-refractivity contribution in [1.82, 2.24) is 15.2 Å². The van der Waals surface area contributed by atoms with Crippen LogP contribution in [0.5, 0.6) is 23.1 Å². The standard InChI is InChI=1S/C17H20N4O4/c1-21(10-8-12(22-2)15(25-5)13(9-10)23-3)17-11-6-7-14(24-4)18-16(11)19-20-17/h6-9H,1-5H3,(H,18,19,20). The summed E-state index contributed by atoms with van der Waals surface area (Å²) in [6.07, 6.45) is 0. The Morgan fingerprint density at radius 2 is 1.60 bits per heavy atom. The molecule has 8 heteroatoms. The number of hydrogen-bond acceptors (Lipinski definition) is 7. The van der Waals surface area contributed by atoms with Gasteiger partial charge in [0.05, 0.1) is 33.8 Å². The molecule has 3 rings (SSSR count). The van der Waals surface area contributed by atoms with Crippen LogP contribution in [0.4, 0.5) is 11.5 Å². The number of H-pyrrole nitrogens is 1. The molecule has 3 aromatic rings. The minimum atomic E-state index is 0.526. The second-order valence-electron chi connectivity index (χ2n) is 5.24. The molecule has 2 heterocycles. The average molecular weight is 344 g/mol. The number of rotatable bonds is 6. The molecule has 0 radical (unpaired) electrons. The molecular formula is C17H20N4O4. The molecule has 1 aromatic carbocycles. The third-order valence-corrected chi connectivity index (χ3v) is 3.94. The molecule has 2 aromatic heterocycles. The van der Waals surface area contributed by atoms with Crippen LogP contribution in [0.25, 0.3) is 11.0 Å². The molecule has 8 nitrogen and oxygen atoms in total. The van der Waals surface area contributed by atoms with Crippen molar-refractivity contribution >= 4 is 22.5 Å². The van der Waals surface area contributed by atoms with Gasteiger partial charge in [-0.25, -0.2) is 0 Å². The number of ether oxygens (including phenoxy) is 4. The van der Waals surface area contributed by atoms with Crippen LogP contribution in [-0.2, 0) is 0 Å². The van der Waals surface area contributed by atoms with E-state index in [2.05, 4.69) is 15.2 Å². The van der Waals surface area contributed by atoms with Gasteiger partial charge in [-0.1, -0.05) is 0 Å². The maximum Gasteiger partial charge on any atom is 0.214 e. The summed E-state index contributed by atoms with van der Waals surface area (Å²) in [5, 5.41) is 8.17. The van der Waals surface area contributed by atoms with E-state index in [4.69, 9.17) is 18.9 Å². The topological polar surface area (TPSA) is 81.7 Å². The van der Waals surface area contributed by atoms with Crippen LogP contribution < -0.4 is 23.8 Å². The van der Waals surface area contributed by atoms with Gasteiger partial charge < -0.3 is 23.8 Å². The van der Waals surface area contributed by atoms with Crippen molar-refractivity contribution in [2.75, 3.05) is 40.4 Å². The average Bonchev–Trinajstić information content (AvgIpc) is 3.08. The minimum Gasteiger partial charge on any atom is -0.493 e. The first-order valence-corrected chi connectivity index (χ1v) is 7.55. The third kappa shape index (κ3) is 2.86. The van der Waals surface area contributed by atoms with Crippen LogP contribution in [0.2, 0.25) is 0 Å². The summed E-state index contributed by atoms with van der Waals surface area (Å²) in [5.74, 6) is 2.93. The number of benzene rings is 1. The van der Waals surface area contributed by atoms with Gasteiger partial charge in [-0.2, -0.15) is 10.1 Å². The van der Waals surface area contributed by atoms with E-state index < -0.39 is 0 Å². The maximum atomic E-state index is 5.42. The van der Waals surface area contributed by atoms with Crippen LogP contribution in [0.15, 0.2) is 24.3 Å². The predicted molar refractivity (Wildman–Crippen MR) is 94.6 cm³/mol. The summed E-state index contributed by atoms with van der Waals surface area (Å²) < 4.78 is 21.3. The Kier molecular flexibility index (Phi) is 4.51. The van der Waals surface area contributed by atoms with Gasteiger partial charge in [0.15, 0.2) is 23.0 Å². The number of nitrogens with zero attached hydrogens (tertiary/aromatic N) is 3. The van der Waals surface area contributed by atoms with Crippen molar-refractivity contribution in [1.29, 1.82) is 0 Å². The molecule has 132 valence electrons. The Morgan fingerprint density at radius 3 is 2.16 bits per heavy atom. The molecule has 0 fully saturated rings. The molecule has 0 unspecified atom stereocenters. The highest BCUT2D eigenvalue weighted by atomic mass is 16.5. The van der Waals surface area contributed by atoms with E-state index in [1.165, 1.54) is 0 Å². The highest BCUT2D eigenvalue weighted by Gasteiger charge is 2.19. The van der Waals surface area contributed by atoms with E-state index in [0.717, 1.165) is 16.9 Å². The number of nitrogens with one attached hydrogen (secondary N) is 1. The molecule has 0 atom stereocenters. The monoisotopic (exact) mass is 344 g/mol. The Labute approximate surface area is 145 Å². The zero-order valence-corrected chi connectivity index (χ0v) is 14.8. The second-order valence-corrected chi connectivity index (χ2v) is 5.24. The summed E-state index contributed by atoms with van der Waals surface area (Å²) in [6, 6.07) is 7.43. The van der Waals surface area contributed by atoms with Gasteiger partial charge in [0.1, 0.15) is 0 Å². The molecule has 0 spiro atoms. The smallest absolute Gasteiger partial charge is 0.214 e. The number of anilines is 2. The van der Waals surface area contributed by atoms with E-state index in [1.54, 1.807) is 34.5 Å². The predicted octanol–water partition coefficient (Wildman–Crippen LogP) is 2.76. The first-order valence-electron chi connectivity index (χ1n) is 7.55. The largest absolute Gasteiger partial charge is 0.493 e. The molecule has 0 aliphatic carbocycles. The lowest BCUT2D eigenvalue weighted by Crippen LogP contribution is -2.11. The molecule has 0 aliphatic heterocycles. The van der Waals surface area contributed by atoms with Crippen molar-refractivity contribution in [3.8, 4) is 23.1 Å². The van der Waals surface area contributed by atoms with E-state index in [1.807, 2.05) is 30.1 Å². The van der Waals surface area contributed by atoms with Gasteiger partial charge in [0.25, 0.3) is 0 Å². The van der Waals surface area contributed by atoms with Crippen LogP contribution in [0, 0.1) is 0 Å². The fraction of sp³-hybridized carbons (Fsp3) is 0.294. The lowest BCUT2D eigenvalue weighted by atomic mass is 10.2. The lowest BCUT2D eigenvalue weighted by molar-refractivity contribution is 0.324. The molecule has 0 aliphatic rings. The molecule has 0 saturated carbocycles. The summed E-state index contributed by atoms with van der Waals surface area (Å²) in [7, 11) is 8.22. The normalized spacial score (nSPS) is 10.6. The maximum absolute atomic E-state index is 5.42. The van der Waals surface area contributed by atoms with E-state index in [0.29, 0.717) is 28.8 Å². The summed E-state index contributed by atoms with van der Waals surface area (Å²) in [4.78, 5) is 6.26. The number of fused-ring (bicyclic) bond motifs is 1. The van der Waals surface area contributed by atoms with E-state index in [-0.39, 0.29) is 0 Å². The van der Waals surface area contributed by atoms with Gasteiger partial charge in [0, 0.05) is 30.9 Å². The Hall–Kier alpha value is -3.16. The second kappa shape index (κ2) is 6.76. The van der Waals surface area contributed by atoms with Crippen LogP contribution in [-0.4, -0.2) is 50.7 Å². The van der Waals surface area contributed by atoms with Crippen LogP contribution in [0.1, 0.15) is 0 Å². The number of methoxy groups -OCH3 is 4. The minimum absolute atomic E-state index is 0.526. The molecule has 0 bridgehead atoms. The van der Waals surface area contributed by atoms with Crippen molar-refractivity contribution in [2.45, 2.75) is 0 Å². The van der Waals surface area contributed by atoms with Crippen LogP contribution in [0.3, 0.4) is 0 Å². The summed E-state index contributed by atoms with van der Waals surface area (Å²) in [6.45, 7) is 0. The fourth-order valence-electron chi connectivity index (χ4n) is 2.63. The molecule has 25 heavy (non-hydrogen) atoms. The summed E-state index contributed by atoms with van der Waals surface area (Å²) in [5.41, 5.74) is 1.48. The third-order valence-electron chi connectivity index (χ3n) is 3.94. The quantitative estimate of drug-likeness (QED) is 0.736. The van der Waals surface area contributed by atoms with Crippen LogP contribution >= 0.6 is 0 Å². The van der Waals surface area contributed by atoms with Crippen molar-refractivity contribution in [3.63, 3.8) is 0 Å². The highest BCUT2D eigenvalue weighted by Crippen LogP contribution is 2.42. The molecular weight excluding hydrogens is 324 g/mol. The lowest BCUT2D eigenvalue weighted by Gasteiger charge is -2.20. The highest BCUT2D eigenvalue weighted by molar-refractivity contribution is 5.90. The number of hydrogen-bond donors (Lipinski definition) is 1. The SMILES string of the molecule is COc1ccc2c(N(C)c3cc(OC)c(OC)c(OC)c3)n[nH]c2n1. The van der Waals surface area contributed by atoms with Gasteiger partial charge in [0.2, 0.25) is 11.6 Å². The van der Waals surface area contributed by atoms with Gasteiger partial charge in [-0.05, 0) is 6.07 Å². The fourth-order valence-corrected chi connectivity index (χ4v) is 2.63. The zero-order valence-electron chi connectivity index (χ0n) is 14.8. The first-order chi connectivity index (χ1) is 12.1. The number of pyridine rings is 1. The number of aromatic nitrogens is 3. The molecule has 1 N–H and O–H groups in total. The Morgan fingerprint density at radius 1 is 0.920 bits per heavy atom. The molecule has 0 saturated heterocycles. The first kappa shape index (κ1) is 16.7.